The molecule has 0 bridgehead atoms. The van der Waals surface area contributed by atoms with Crippen molar-refractivity contribution in [2.24, 2.45) is 0 Å². The average Bonchev–Trinajstić information content (AvgIpc) is 2.64. The molecule has 1 aliphatic rings. The van der Waals surface area contributed by atoms with Gasteiger partial charge in [0.2, 0.25) is 0 Å². The van der Waals surface area contributed by atoms with E-state index >= 15 is 0 Å². The summed E-state index contributed by atoms with van der Waals surface area (Å²) in [5, 5.41) is 3.48. The van der Waals surface area contributed by atoms with Crippen LogP contribution < -0.4 is 5.32 Å². The third-order valence-electron chi connectivity index (χ3n) is 2.34. The van der Waals surface area contributed by atoms with Crippen molar-refractivity contribution in [3.05, 3.63) is 47.3 Å². The molecule has 0 radical (unpaired) electrons. The molecule has 0 aromatic heterocycles. The van der Waals surface area contributed by atoms with Crippen LogP contribution in [0.2, 0.25) is 5.02 Å². The molecular weight excluding hydrogens is 212 g/mol. The molecule has 0 atom stereocenters. The number of nitrogens with one attached hydrogen (secondary N) is 1. The van der Waals surface area contributed by atoms with Crippen LogP contribution in [-0.2, 0) is 0 Å². The smallest absolute Gasteiger partial charge is 0.260 e. The Kier molecular flexibility index (Phi) is 2.64. The van der Waals surface area contributed by atoms with Crippen LogP contribution in [0.25, 0.3) is 0 Å². The average molecular weight is 223 g/mol. The largest absolute Gasteiger partial charge is 0.370 e. The van der Waals surface area contributed by atoms with Gasteiger partial charge >= 0.3 is 0 Å². The van der Waals surface area contributed by atoms with Gasteiger partial charge in [-0.2, -0.15) is 0 Å². The van der Waals surface area contributed by atoms with Gasteiger partial charge in [0.1, 0.15) is 5.82 Å². The highest BCUT2D eigenvalue weighted by Gasteiger charge is 2.23. The van der Waals surface area contributed by atoms with Gasteiger partial charge in [-0.25, -0.2) is 0 Å². The lowest BCUT2D eigenvalue weighted by molar-refractivity contribution is 0.0827. The maximum Gasteiger partial charge on any atom is 0.260 e. The fourth-order valence-corrected chi connectivity index (χ4v) is 1.76. The monoisotopic (exact) mass is 222 g/mol. The normalized spacial score (nSPS) is 15.3. The first-order chi connectivity index (χ1) is 7.20. The van der Waals surface area contributed by atoms with E-state index in [0.29, 0.717) is 23.0 Å². The number of carbonyl (C=O) groups excluding carboxylic acids is 1. The van der Waals surface area contributed by atoms with E-state index in [1.54, 1.807) is 29.2 Å². The van der Waals surface area contributed by atoms with Gasteiger partial charge in [-0.05, 0) is 12.1 Å². The third kappa shape index (κ3) is 1.83. The van der Waals surface area contributed by atoms with Crippen LogP contribution in [0, 0.1) is 0 Å². The number of rotatable bonds is 1. The summed E-state index contributed by atoms with van der Waals surface area (Å²) >= 11 is 5.95. The first-order valence-electron chi connectivity index (χ1n) is 4.69. The van der Waals surface area contributed by atoms with Crippen LogP contribution in [-0.4, -0.2) is 23.9 Å². The molecular formula is C11H11ClN2O. The minimum Gasteiger partial charge on any atom is -0.370 e. The molecule has 1 saturated heterocycles. The number of hydrogen-bond donors (Lipinski definition) is 1. The standard InChI is InChI=1S/C11H11ClN2O/c1-8-13-6-7-14(8)11(15)9-4-2-3-5-10(9)12/h2-5,13H,1,6-7H2. The lowest BCUT2D eigenvalue weighted by Crippen LogP contribution is -2.27. The van der Waals surface area contributed by atoms with Gasteiger partial charge in [-0.15, -0.1) is 0 Å². The summed E-state index contributed by atoms with van der Waals surface area (Å²) < 4.78 is 0. The minimum atomic E-state index is -0.101. The highest BCUT2D eigenvalue weighted by atomic mass is 35.5. The van der Waals surface area contributed by atoms with E-state index in [9.17, 15) is 4.79 Å². The Labute approximate surface area is 93.3 Å². The van der Waals surface area contributed by atoms with E-state index in [0.717, 1.165) is 6.54 Å². The Morgan fingerprint density at radius 1 is 1.47 bits per heavy atom. The molecule has 1 aliphatic heterocycles. The summed E-state index contributed by atoms with van der Waals surface area (Å²) in [6, 6.07) is 7.03. The van der Waals surface area contributed by atoms with Crippen LogP contribution in [0.1, 0.15) is 10.4 Å². The van der Waals surface area contributed by atoms with Crippen molar-refractivity contribution in [1.29, 1.82) is 0 Å². The van der Waals surface area contributed by atoms with Crippen LogP contribution in [0.15, 0.2) is 36.7 Å². The quantitative estimate of drug-likeness (QED) is 0.787. The summed E-state index contributed by atoms with van der Waals surface area (Å²) in [6.45, 7) is 5.15. The maximum atomic E-state index is 12.0. The molecule has 3 nitrogen and oxygen atoms in total. The fourth-order valence-electron chi connectivity index (χ4n) is 1.55. The molecule has 78 valence electrons. The topological polar surface area (TPSA) is 32.3 Å². The second kappa shape index (κ2) is 3.95. The van der Waals surface area contributed by atoms with Gasteiger partial charge in [0.15, 0.2) is 0 Å². The van der Waals surface area contributed by atoms with E-state index < -0.39 is 0 Å². The van der Waals surface area contributed by atoms with Gasteiger partial charge in [-0.3, -0.25) is 9.69 Å². The third-order valence-corrected chi connectivity index (χ3v) is 2.67. The van der Waals surface area contributed by atoms with Crippen LogP contribution >= 0.6 is 11.6 Å². The highest BCUT2D eigenvalue weighted by Crippen LogP contribution is 2.19. The predicted octanol–water partition coefficient (Wildman–Crippen LogP) is 1.86. The number of hydrogen-bond acceptors (Lipinski definition) is 2. The Bertz CT molecular complexity index is 417. The van der Waals surface area contributed by atoms with E-state index in [1.807, 2.05) is 0 Å². The summed E-state index contributed by atoms with van der Waals surface area (Å²) in [7, 11) is 0. The molecule has 0 saturated carbocycles. The van der Waals surface area contributed by atoms with Crippen molar-refractivity contribution in [2.75, 3.05) is 13.1 Å². The van der Waals surface area contributed by atoms with Gasteiger partial charge in [0, 0.05) is 13.1 Å². The second-order valence-corrected chi connectivity index (χ2v) is 3.72. The Balaban J connectivity index is 2.28. The van der Waals surface area contributed by atoms with Crippen molar-refractivity contribution in [3.63, 3.8) is 0 Å². The van der Waals surface area contributed by atoms with Crippen LogP contribution in [0.4, 0.5) is 0 Å². The number of carbonyl (C=O) groups is 1. The van der Waals surface area contributed by atoms with Crippen molar-refractivity contribution >= 4 is 17.5 Å². The Morgan fingerprint density at radius 3 is 2.80 bits per heavy atom. The lowest BCUT2D eigenvalue weighted by atomic mass is 10.2. The molecule has 0 spiro atoms. The van der Waals surface area contributed by atoms with E-state index in [1.165, 1.54) is 0 Å². The van der Waals surface area contributed by atoms with E-state index in [2.05, 4.69) is 11.9 Å². The number of nitrogens with zero attached hydrogens (tertiary/aromatic N) is 1. The zero-order chi connectivity index (χ0) is 10.8. The minimum absolute atomic E-state index is 0.101. The van der Waals surface area contributed by atoms with Gasteiger partial charge in [0.25, 0.3) is 5.91 Å². The Hall–Kier alpha value is -1.48. The Morgan fingerprint density at radius 2 is 2.20 bits per heavy atom. The molecule has 0 unspecified atom stereocenters. The van der Waals surface area contributed by atoms with Gasteiger partial charge in [0.05, 0.1) is 10.6 Å². The molecule has 1 N–H and O–H groups in total. The number of benzene rings is 1. The zero-order valence-electron chi connectivity index (χ0n) is 8.16. The van der Waals surface area contributed by atoms with E-state index in [-0.39, 0.29) is 5.91 Å². The maximum absolute atomic E-state index is 12.0. The van der Waals surface area contributed by atoms with Crippen molar-refractivity contribution in [2.45, 2.75) is 0 Å². The molecule has 1 fully saturated rings. The summed E-state index contributed by atoms with van der Waals surface area (Å²) in [4.78, 5) is 13.6. The molecule has 2 rings (SSSR count). The molecule has 15 heavy (non-hydrogen) atoms. The lowest BCUT2D eigenvalue weighted by Gasteiger charge is -2.16. The first-order valence-corrected chi connectivity index (χ1v) is 5.07. The summed E-state index contributed by atoms with van der Waals surface area (Å²) in [6.07, 6.45) is 0. The van der Waals surface area contributed by atoms with Crippen molar-refractivity contribution in [1.82, 2.24) is 10.2 Å². The van der Waals surface area contributed by atoms with Gasteiger partial charge < -0.3 is 5.32 Å². The van der Waals surface area contributed by atoms with Crippen molar-refractivity contribution in [3.8, 4) is 0 Å². The first kappa shape index (κ1) is 10.1. The molecule has 1 aromatic rings. The molecule has 1 aromatic carbocycles. The summed E-state index contributed by atoms with van der Waals surface area (Å²) in [5.41, 5.74) is 0.518. The fraction of sp³-hybridized carbons (Fsp3) is 0.182. The second-order valence-electron chi connectivity index (χ2n) is 3.31. The molecule has 1 amide bonds. The van der Waals surface area contributed by atoms with Crippen LogP contribution in [0.5, 0.6) is 0 Å². The zero-order valence-corrected chi connectivity index (χ0v) is 8.92. The summed E-state index contributed by atoms with van der Waals surface area (Å²) in [5.74, 6) is 0.538. The number of amides is 1. The van der Waals surface area contributed by atoms with Crippen molar-refractivity contribution < 1.29 is 4.79 Å². The SMILES string of the molecule is C=C1NCCN1C(=O)c1ccccc1Cl. The van der Waals surface area contributed by atoms with Gasteiger partial charge in [-0.1, -0.05) is 30.3 Å². The van der Waals surface area contributed by atoms with Crippen LogP contribution in [0.3, 0.4) is 0 Å². The highest BCUT2D eigenvalue weighted by molar-refractivity contribution is 6.33. The molecule has 4 heteroatoms. The number of halogens is 1. The molecule has 1 heterocycles. The predicted molar refractivity (Wildman–Crippen MR) is 59.6 cm³/mol. The van der Waals surface area contributed by atoms with E-state index in [4.69, 9.17) is 11.6 Å². The molecule has 0 aliphatic carbocycles.